The van der Waals surface area contributed by atoms with Crippen LogP contribution in [0.15, 0.2) is 12.1 Å². The highest BCUT2D eigenvalue weighted by molar-refractivity contribution is 6.06. The number of nitro benzene ring substituents is 1. The maximum absolute atomic E-state index is 11.7. The first-order valence-electron chi connectivity index (χ1n) is 4.95. The van der Waals surface area contributed by atoms with Crippen LogP contribution in [0.5, 0.6) is 0 Å². The van der Waals surface area contributed by atoms with Gasteiger partial charge < -0.3 is 5.32 Å². The van der Waals surface area contributed by atoms with Crippen molar-refractivity contribution < 1.29 is 9.72 Å². The third-order valence-electron chi connectivity index (χ3n) is 3.01. The average Bonchev–Trinajstić information content (AvgIpc) is 2.40. The van der Waals surface area contributed by atoms with Crippen LogP contribution in [0.25, 0.3) is 0 Å². The second-order valence-electron chi connectivity index (χ2n) is 4.52. The van der Waals surface area contributed by atoms with E-state index in [9.17, 15) is 14.9 Å². The standard InChI is InChI=1S/C11H12N2O3/c1-6-4-7(13(15)16)5-8-9(6)12-10(14)11(8,2)3/h4-5H,1-3H3,(H,12,14). The number of nitrogens with zero attached hydrogens (tertiary/aromatic N) is 1. The molecule has 0 bridgehead atoms. The fraction of sp³-hybridized carbons (Fsp3) is 0.364. The lowest BCUT2D eigenvalue weighted by Crippen LogP contribution is -2.26. The van der Waals surface area contributed by atoms with Crippen LogP contribution in [0.1, 0.15) is 25.0 Å². The Kier molecular flexibility index (Phi) is 2.01. The number of nitrogens with one attached hydrogen (secondary N) is 1. The molecule has 0 atom stereocenters. The lowest BCUT2D eigenvalue weighted by molar-refractivity contribution is -0.385. The number of carbonyl (C=O) groups is 1. The van der Waals surface area contributed by atoms with Gasteiger partial charge in [0.1, 0.15) is 0 Å². The molecule has 0 aliphatic carbocycles. The van der Waals surface area contributed by atoms with E-state index in [1.807, 2.05) is 0 Å². The number of amides is 1. The zero-order chi connectivity index (χ0) is 12.1. The molecular formula is C11H12N2O3. The van der Waals surface area contributed by atoms with Crippen LogP contribution in [-0.4, -0.2) is 10.8 Å². The highest BCUT2D eigenvalue weighted by Gasteiger charge is 2.40. The van der Waals surface area contributed by atoms with Crippen molar-refractivity contribution in [1.82, 2.24) is 0 Å². The van der Waals surface area contributed by atoms with Gasteiger partial charge in [-0.15, -0.1) is 0 Å². The molecule has 0 radical (unpaired) electrons. The number of nitro groups is 1. The third kappa shape index (κ3) is 1.28. The van der Waals surface area contributed by atoms with Crippen LogP contribution in [-0.2, 0) is 10.2 Å². The highest BCUT2D eigenvalue weighted by atomic mass is 16.6. The number of anilines is 1. The summed E-state index contributed by atoms with van der Waals surface area (Å²) in [5.41, 5.74) is 1.46. The van der Waals surface area contributed by atoms with Crippen molar-refractivity contribution in [1.29, 1.82) is 0 Å². The van der Waals surface area contributed by atoms with Crippen LogP contribution in [0.2, 0.25) is 0 Å². The third-order valence-corrected chi connectivity index (χ3v) is 3.01. The Hall–Kier alpha value is -1.91. The summed E-state index contributed by atoms with van der Waals surface area (Å²) in [6.07, 6.45) is 0. The molecule has 0 saturated carbocycles. The topological polar surface area (TPSA) is 72.2 Å². The molecule has 1 aliphatic rings. The lowest BCUT2D eigenvalue weighted by Gasteiger charge is -2.14. The van der Waals surface area contributed by atoms with Crippen molar-refractivity contribution in [2.75, 3.05) is 5.32 Å². The maximum atomic E-state index is 11.7. The molecule has 16 heavy (non-hydrogen) atoms. The SMILES string of the molecule is Cc1cc([N+](=O)[O-])cc2c1NC(=O)C2(C)C. The van der Waals surface area contributed by atoms with Gasteiger partial charge in [0.15, 0.2) is 0 Å². The minimum atomic E-state index is -0.702. The Balaban J connectivity index is 2.69. The smallest absolute Gasteiger partial charge is 0.270 e. The second kappa shape index (κ2) is 3.04. The predicted molar refractivity (Wildman–Crippen MR) is 59.5 cm³/mol. The van der Waals surface area contributed by atoms with E-state index in [2.05, 4.69) is 5.32 Å². The van der Waals surface area contributed by atoms with Gasteiger partial charge in [-0.05, 0) is 31.9 Å². The fourth-order valence-electron chi connectivity index (χ4n) is 1.92. The molecule has 1 aromatic carbocycles. The Bertz CT molecular complexity index is 506. The monoisotopic (exact) mass is 220 g/mol. The van der Waals surface area contributed by atoms with Crippen molar-refractivity contribution in [3.8, 4) is 0 Å². The largest absolute Gasteiger partial charge is 0.325 e. The number of benzene rings is 1. The Labute approximate surface area is 92.6 Å². The Morgan fingerprint density at radius 2 is 2.00 bits per heavy atom. The summed E-state index contributed by atoms with van der Waals surface area (Å²) < 4.78 is 0. The molecule has 0 fully saturated rings. The van der Waals surface area contributed by atoms with E-state index in [-0.39, 0.29) is 11.6 Å². The van der Waals surface area contributed by atoms with Gasteiger partial charge in [-0.3, -0.25) is 14.9 Å². The number of hydrogen-bond donors (Lipinski definition) is 1. The van der Waals surface area contributed by atoms with Crippen LogP contribution in [0.4, 0.5) is 11.4 Å². The molecule has 1 N–H and O–H groups in total. The van der Waals surface area contributed by atoms with Gasteiger partial charge in [-0.2, -0.15) is 0 Å². The van der Waals surface area contributed by atoms with E-state index in [0.717, 1.165) is 5.56 Å². The molecule has 1 aliphatic heterocycles. The van der Waals surface area contributed by atoms with E-state index < -0.39 is 10.3 Å². The van der Waals surface area contributed by atoms with Gasteiger partial charge in [0.25, 0.3) is 5.69 Å². The van der Waals surface area contributed by atoms with Gasteiger partial charge in [-0.25, -0.2) is 0 Å². The number of hydrogen-bond acceptors (Lipinski definition) is 3. The average molecular weight is 220 g/mol. The molecular weight excluding hydrogens is 208 g/mol. The van der Waals surface area contributed by atoms with Crippen LogP contribution in [0, 0.1) is 17.0 Å². The first-order chi connectivity index (χ1) is 7.34. The quantitative estimate of drug-likeness (QED) is 0.582. The minimum absolute atomic E-state index is 0.0285. The summed E-state index contributed by atoms with van der Waals surface area (Å²) in [7, 11) is 0. The first kappa shape index (κ1) is 10.6. The molecule has 0 unspecified atom stereocenters. The van der Waals surface area contributed by atoms with Crippen LogP contribution in [0.3, 0.4) is 0 Å². The summed E-state index contributed by atoms with van der Waals surface area (Å²) >= 11 is 0. The number of non-ortho nitro benzene ring substituents is 1. The van der Waals surface area contributed by atoms with Gasteiger partial charge >= 0.3 is 0 Å². The minimum Gasteiger partial charge on any atom is -0.325 e. The van der Waals surface area contributed by atoms with Crippen molar-refractivity contribution in [3.05, 3.63) is 33.4 Å². The van der Waals surface area contributed by atoms with E-state index in [1.165, 1.54) is 12.1 Å². The van der Waals surface area contributed by atoms with E-state index in [0.29, 0.717) is 11.3 Å². The van der Waals surface area contributed by atoms with Crippen molar-refractivity contribution >= 4 is 17.3 Å². The summed E-state index contributed by atoms with van der Waals surface area (Å²) in [4.78, 5) is 22.0. The number of aryl methyl sites for hydroxylation is 1. The zero-order valence-corrected chi connectivity index (χ0v) is 9.33. The van der Waals surface area contributed by atoms with Gasteiger partial charge in [-0.1, -0.05) is 0 Å². The Morgan fingerprint density at radius 1 is 1.38 bits per heavy atom. The van der Waals surface area contributed by atoms with E-state index in [4.69, 9.17) is 0 Å². The van der Waals surface area contributed by atoms with Gasteiger partial charge in [0.2, 0.25) is 5.91 Å². The molecule has 1 aromatic rings. The van der Waals surface area contributed by atoms with Crippen molar-refractivity contribution in [3.63, 3.8) is 0 Å². The van der Waals surface area contributed by atoms with E-state index in [1.54, 1.807) is 20.8 Å². The lowest BCUT2D eigenvalue weighted by atomic mass is 9.85. The molecule has 0 saturated heterocycles. The van der Waals surface area contributed by atoms with Crippen LogP contribution >= 0.6 is 0 Å². The summed E-state index contributed by atoms with van der Waals surface area (Å²) in [5, 5.41) is 13.5. The molecule has 0 spiro atoms. The van der Waals surface area contributed by atoms with Crippen LogP contribution < -0.4 is 5.32 Å². The van der Waals surface area contributed by atoms with Crippen molar-refractivity contribution in [2.24, 2.45) is 0 Å². The van der Waals surface area contributed by atoms with E-state index >= 15 is 0 Å². The molecule has 1 amide bonds. The Morgan fingerprint density at radius 3 is 2.56 bits per heavy atom. The first-order valence-corrected chi connectivity index (χ1v) is 4.95. The van der Waals surface area contributed by atoms with Gasteiger partial charge in [0, 0.05) is 17.8 Å². The predicted octanol–water partition coefficient (Wildman–Crippen LogP) is 2.13. The van der Waals surface area contributed by atoms with Crippen molar-refractivity contribution in [2.45, 2.75) is 26.2 Å². The number of fused-ring (bicyclic) bond motifs is 1. The van der Waals surface area contributed by atoms with Gasteiger partial charge in [0.05, 0.1) is 10.3 Å². The molecule has 1 heterocycles. The number of rotatable bonds is 1. The maximum Gasteiger partial charge on any atom is 0.270 e. The fourth-order valence-corrected chi connectivity index (χ4v) is 1.92. The molecule has 84 valence electrons. The summed E-state index contributed by atoms with van der Waals surface area (Å²) in [6, 6.07) is 2.95. The number of carbonyl (C=O) groups excluding carboxylic acids is 1. The molecule has 5 nitrogen and oxygen atoms in total. The normalized spacial score (nSPS) is 16.8. The summed E-state index contributed by atoms with van der Waals surface area (Å²) in [6.45, 7) is 5.28. The molecule has 0 aromatic heterocycles. The molecule has 2 rings (SSSR count). The zero-order valence-electron chi connectivity index (χ0n) is 9.33. The highest BCUT2D eigenvalue weighted by Crippen LogP contribution is 2.41. The summed E-state index contributed by atoms with van der Waals surface area (Å²) in [5.74, 6) is -0.119. The molecule has 5 heteroatoms. The second-order valence-corrected chi connectivity index (χ2v) is 4.52.